The minimum atomic E-state index is -0.640. The number of hydrogen-bond acceptors (Lipinski definition) is 3. The Bertz CT molecular complexity index is 530. The molecule has 2 rings (SSSR count). The number of hydrogen-bond donors (Lipinski definition) is 1. The van der Waals surface area contributed by atoms with Crippen LogP contribution in [0.2, 0.25) is 0 Å². The van der Waals surface area contributed by atoms with Crippen molar-refractivity contribution in [3.63, 3.8) is 0 Å². The molecule has 1 unspecified atom stereocenters. The lowest BCUT2D eigenvalue weighted by Crippen LogP contribution is -2.10. The zero-order chi connectivity index (χ0) is 13.7. The molecule has 0 amide bonds. The number of aromatic nitrogens is 2. The summed E-state index contributed by atoms with van der Waals surface area (Å²) in [6, 6.07) is 8.40. The fourth-order valence-electron chi connectivity index (χ4n) is 1.84. The van der Waals surface area contributed by atoms with E-state index in [-0.39, 0.29) is 5.82 Å². The third kappa shape index (κ3) is 3.58. The van der Waals surface area contributed by atoms with Crippen molar-refractivity contribution in [2.24, 2.45) is 0 Å². The predicted octanol–water partition coefficient (Wildman–Crippen LogP) is 3.26. The Morgan fingerprint density at radius 2 is 2.16 bits per heavy atom. The highest BCUT2D eigenvalue weighted by molar-refractivity contribution is 7.99. The van der Waals surface area contributed by atoms with Gasteiger partial charge < -0.3 is 5.11 Å². The Labute approximate surface area is 116 Å². The molecule has 0 aliphatic carbocycles. The van der Waals surface area contributed by atoms with E-state index in [1.54, 1.807) is 29.1 Å². The summed E-state index contributed by atoms with van der Waals surface area (Å²) in [7, 11) is 0. The van der Waals surface area contributed by atoms with Crippen molar-refractivity contribution in [2.45, 2.75) is 30.9 Å². The van der Waals surface area contributed by atoms with E-state index >= 15 is 0 Å². The number of aryl methyl sites for hydroxylation is 1. The summed E-state index contributed by atoms with van der Waals surface area (Å²) < 4.78 is 15.3. The molecule has 5 heteroatoms. The maximum absolute atomic E-state index is 13.5. The summed E-state index contributed by atoms with van der Waals surface area (Å²) in [6.45, 7) is 2.84. The molecular formula is C14H17FN2OS. The zero-order valence-corrected chi connectivity index (χ0v) is 11.6. The van der Waals surface area contributed by atoms with Crippen LogP contribution in [0.15, 0.2) is 41.4 Å². The molecule has 0 saturated carbocycles. The van der Waals surface area contributed by atoms with Gasteiger partial charge in [-0.15, -0.1) is 11.8 Å². The van der Waals surface area contributed by atoms with E-state index in [0.717, 1.165) is 18.7 Å². The van der Waals surface area contributed by atoms with Crippen molar-refractivity contribution >= 4 is 11.8 Å². The van der Waals surface area contributed by atoms with Gasteiger partial charge in [0.1, 0.15) is 11.9 Å². The van der Waals surface area contributed by atoms with Gasteiger partial charge in [-0.1, -0.05) is 19.1 Å². The van der Waals surface area contributed by atoms with Crippen LogP contribution in [-0.2, 0) is 6.54 Å². The van der Waals surface area contributed by atoms with Gasteiger partial charge in [0.2, 0.25) is 0 Å². The van der Waals surface area contributed by atoms with Crippen molar-refractivity contribution in [1.29, 1.82) is 0 Å². The molecule has 0 saturated heterocycles. The Morgan fingerprint density at radius 1 is 1.37 bits per heavy atom. The molecule has 0 bridgehead atoms. The Hall–Kier alpha value is -1.33. The first-order valence-electron chi connectivity index (χ1n) is 6.29. The second-order valence-electron chi connectivity index (χ2n) is 4.24. The third-order valence-electron chi connectivity index (χ3n) is 2.76. The molecule has 0 aliphatic rings. The van der Waals surface area contributed by atoms with E-state index in [1.165, 1.54) is 17.8 Å². The van der Waals surface area contributed by atoms with Crippen LogP contribution in [0.1, 0.15) is 25.1 Å². The van der Waals surface area contributed by atoms with Gasteiger partial charge in [0.05, 0.1) is 5.69 Å². The first-order valence-corrected chi connectivity index (χ1v) is 7.28. The highest BCUT2D eigenvalue weighted by Gasteiger charge is 2.14. The molecule has 3 nitrogen and oxygen atoms in total. The number of rotatable bonds is 6. The van der Waals surface area contributed by atoms with Gasteiger partial charge in [-0.05, 0) is 24.6 Å². The van der Waals surface area contributed by atoms with Gasteiger partial charge in [0, 0.05) is 23.4 Å². The number of benzene rings is 1. The third-order valence-corrected chi connectivity index (χ3v) is 3.88. The lowest BCUT2D eigenvalue weighted by atomic mass is 10.3. The lowest BCUT2D eigenvalue weighted by Gasteiger charge is -2.13. The first kappa shape index (κ1) is 14.1. The Morgan fingerprint density at radius 3 is 2.89 bits per heavy atom. The standard InChI is InChI=1S/C14H17FN2OS/c1-2-9-17-12(7-8-16-17)13(18)10-19-14-6-4-3-5-11(14)15/h3-8,13,18H,2,9-10H2,1H3. The van der Waals surface area contributed by atoms with Crippen LogP contribution < -0.4 is 0 Å². The van der Waals surface area contributed by atoms with Crippen LogP contribution in [0.25, 0.3) is 0 Å². The van der Waals surface area contributed by atoms with E-state index in [2.05, 4.69) is 12.0 Å². The molecule has 0 spiro atoms. The topological polar surface area (TPSA) is 38.0 Å². The van der Waals surface area contributed by atoms with Crippen LogP contribution in [0, 0.1) is 5.82 Å². The maximum Gasteiger partial charge on any atom is 0.136 e. The highest BCUT2D eigenvalue weighted by Crippen LogP contribution is 2.26. The summed E-state index contributed by atoms with van der Waals surface area (Å²) in [5.74, 6) is 0.165. The van der Waals surface area contributed by atoms with Crippen LogP contribution in [0.4, 0.5) is 4.39 Å². The van der Waals surface area contributed by atoms with Crippen molar-refractivity contribution in [2.75, 3.05) is 5.75 Å². The summed E-state index contributed by atoms with van der Waals surface area (Å²) in [5.41, 5.74) is 0.783. The predicted molar refractivity (Wildman–Crippen MR) is 74.6 cm³/mol. The van der Waals surface area contributed by atoms with Gasteiger partial charge in [0.25, 0.3) is 0 Å². The molecule has 19 heavy (non-hydrogen) atoms. The van der Waals surface area contributed by atoms with Gasteiger partial charge in [-0.3, -0.25) is 4.68 Å². The second kappa shape index (κ2) is 6.73. The summed E-state index contributed by atoms with van der Waals surface area (Å²) >= 11 is 1.31. The average Bonchev–Trinajstić information content (AvgIpc) is 2.86. The summed E-state index contributed by atoms with van der Waals surface area (Å²) in [6.07, 6.45) is 2.00. The second-order valence-corrected chi connectivity index (χ2v) is 5.30. The van der Waals surface area contributed by atoms with Gasteiger partial charge in [0.15, 0.2) is 0 Å². The first-order chi connectivity index (χ1) is 9.22. The van der Waals surface area contributed by atoms with Crippen LogP contribution in [0.3, 0.4) is 0 Å². The fraction of sp³-hybridized carbons (Fsp3) is 0.357. The molecule has 0 aliphatic heterocycles. The van der Waals surface area contributed by atoms with Gasteiger partial charge in [-0.2, -0.15) is 5.10 Å². The summed E-state index contributed by atoms with van der Waals surface area (Å²) in [5, 5.41) is 14.3. The molecule has 102 valence electrons. The van der Waals surface area contributed by atoms with Gasteiger partial charge >= 0.3 is 0 Å². The van der Waals surface area contributed by atoms with Crippen LogP contribution in [-0.4, -0.2) is 20.6 Å². The molecule has 0 fully saturated rings. The van der Waals surface area contributed by atoms with E-state index < -0.39 is 6.10 Å². The minimum Gasteiger partial charge on any atom is -0.386 e. The Balaban J connectivity index is 1.99. The quantitative estimate of drug-likeness (QED) is 0.825. The molecular weight excluding hydrogens is 263 g/mol. The molecule has 1 aromatic carbocycles. The largest absolute Gasteiger partial charge is 0.386 e. The van der Waals surface area contributed by atoms with E-state index in [4.69, 9.17) is 0 Å². The number of aliphatic hydroxyl groups is 1. The van der Waals surface area contributed by atoms with Gasteiger partial charge in [-0.25, -0.2) is 4.39 Å². The highest BCUT2D eigenvalue weighted by atomic mass is 32.2. The molecule has 2 aromatic rings. The number of halogens is 1. The monoisotopic (exact) mass is 280 g/mol. The zero-order valence-electron chi connectivity index (χ0n) is 10.8. The minimum absolute atomic E-state index is 0.248. The maximum atomic E-state index is 13.5. The average molecular weight is 280 g/mol. The van der Waals surface area contributed by atoms with E-state index in [9.17, 15) is 9.50 Å². The van der Waals surface area contributed by atoms with Crippen LogP contribution >= 0.6 is 11.8 Å². The van der Waals surface area contributed by atoms with Crippen molar-refractivity contribution in [3.8, 4) is 0 Å². The molecule has 1 N–H and O–H groups in total. The van der Waals surface area contributed by atoms with Crippen LogP contribution in [0.5, 0.6) is 0 Å². The van der Waals surface area contributed by atoms with Crippen molar-refractivity contribution < 1.29 is 9.50 Å². The SMILES string of the molecule is CCCn1nccc1C(O)CSc1ccccc1F. The van der Waals surface area contributed by atoms with E-state index in [0.29, 0.717) is 10.6 Å². The number of aliphatic hydroxyl groups excluding tert-OH is 1. The molecule has 1 atom stereocenters. The van der Waals surface area contributed by atoms with E-state index in [1.807, 2.05) is 6.07 Å². The normalized spacial score (nSPS) is 12.6. The summed E-state index contributed by atoms with van der Waals surface area (Å²) in [4.78, 5) is 0.558. The smallest absolute Gasteiger partial charge is 0.136 e. The molecule has 1 heterocycles. The number of nitrogens with zero attached hydrogens (tertiary/aromatic N) is 2. The molecule has 1 aromatic heterocycles. The fourth-order valence-corrected chi connectivity index (χ4v) is 2.73. The van der Waals surface area contributed by atoms with Crippen molar-refractivity contribution in [3.05, 3.63) is 48.0 Å². The lowest BCUT2D eigenvalue weighted by molar-refractivity contribution is 0.191. The Kier molecular flexibility index (Phi) is 4.99. The van der Waals surface area contributed by atoms with Crippen molar-refractivity contribution in [1.82, 2.24) is 9.78 Å². The molecule has 0 radical (unpaired) electrons. The number of thioether (sulfide) groups is 1.